The number of carbonyl (C=O) groups is 3. The third-order valence-corrected chi connectivity index (χ3v) is 12.0. The van der Waals surface area contributed by atoms with Crippen LogP contribution in [0.15, 0.2) is 12.2 Å². The number of esters is 3. The first-order valence-electron chi connectivity index (χ1n) is 26.7. The van der Waals surface area contributed by atoms with Crippen LogP contribution in [0.1, 0.15) is 297 Å². The molecule has 0 aromatic heterocycles. The zero-order chi connectivity index (χ0) is 43.7. The number of carbonyl (C=O) groups excluding carboxylic acids is 3. The monoisotopic (exact) mass is 847 g/mol. The van der Waals surface area contributed by atoms with Gasteiger partial charge in [-0.2, -0.15) is 0 Å². The van der Waals surface area contributed by atoms with E-state index in [2.05, 4.69) is 32.9 Å². The number of ether oxygens (including phenoxy) is 3. The van der Waals surface area contributed by atoms with E-state index < -0.39 is 6.10 Å². The Bertz CT molecular complexity index is 931. The van der Waals surface area contributed by atoms with Crippen LogP contribution in [0.3, 0.4) is 0 Å². The fourth-order valence-corrected chi connectivity index (χ4v) is 7.98. The molecule has 1 atom stereocenters. The number of hydrogen-bond donors (Lipinski definition) is 0. The maximum absolute atomic E-state index is 12.8. The van der Waals surface area contributed by atoms with Gasteiger partial charge in [0.15, 0.2) is 6.10 Å². The average molecular weight is 847 g/mol. The second-order valence-electron chi connectivity index (χ2n) is 18.2. The second kappa shape index (κ2) is 49.8. The van der Waals surface area contributed by atoms with E-state index in [9.17, 15) is 14.4 Å². The lowest BCUT2D eigenvalue weighted by atomic mass is 10.0. The molecule has 0 aromatic carbocycles. The van der Waals surface area contributed by atoms with Crippen molar-refractivity contribution in [3.05, 3.63) is 12.2 Å². The van der Waals surface area contributed by atoms with Gasteiger partial charge >= 0.3 is 17.9 Å². The summed E-state index contributed by atoms with van der Waals surface area (Å²) >= 11 is 0. The van der Waals surface area contributed by atoms with E-state index in [1.165, 1.54) is 186 Å². The van der Waals surface area contributed by atoms with Crippen molar-refractivity contribution in [3.63, 3.8) is 0 Å². The molecular weight excluding hydrogens is 745 g/mol. The van der Waals surface area contributed by atoms with E-state index in [0.717, 1.165) is 70.6 Å². The van der Waals surface area contributed by atoms with Crippen LogP contribution in [0.2, 0.25) is 0 Å². The van der Waals surface area contributed by atoms with Crippen molar-refractivity contribution in [2.45, 2.75) is 303 Å². The molecule has 60 heavy (non-hydrogen) atoms. The van der Waals surface area contributed by atoms with E-state index in [1.807, 2.05) is 0 Å². The van der Waals surface area contributed by atoms with Crippen molar-refractivity contribution in [2.75, 3.05) is 13.2 Å². The van der Waals surface area contributed by atoms with Crippen molar-refractivity contribution < 1.29 is 28.6 Å². The van der Waals surface area contributed by atoms with Crippen molar-refractivity contribution in [1.29, 1.82) is 0 Å². The Morgan fingerprint density at radius 1 is 0.317 bits per heavy atom. The Morgan fingerprint density at radius 3 is 0.900 bits per heavy atom. The summed E-state index contributed by atoms with van der Waals surface area (Å²) in [5.74, 6) is -0.860. The number of hydrogen-bond acceptors (Lipinski definition) is 6. The van der Waals surface area contributed by atoms with Crippen LogP contribution < -0.4 is 0 Å². The van der Waals surface area contributed by atoms with Crippen LogP contribution >= 0.6 is 0 Å². The highest BCUT2D eigenvalue weighted by atomic mass is 16.6. The standard InChI is InChI=1S/C54H102O6/c1-4-7-10-13-16-19-22-24-25-26-27-28-29-31-32-35-38-41-44-47-53(56)59-50-51(49-58-52(55)46-43-40-37-34-21-18-15-12-9-6-3)60-54(57)48-45-42-39-36-33-30-23-20-17-14-11-8-5-2/h12,15,51H,4-11,13-14,16-50H2,1-3H3/b15-12-. The first kappa shape index (κ1) is 58.1. The highest BCUT2D eigenvalue weighted by Gasteiger charge is 2.19. The predicted octanol–water partition coefficient (Wildman–Crippen LogP) is 17.4. The molecule has 1 unspecified atom stereocenters. The quantitative estimate of drug-likeness (QED) is 0.0263. The summed E-state index contributed by atoms with van der Waals surface area (Å²) in [6.45, 7) is 6.61. The molecule has 0 aliphatic rings. The Kier molecular flexibility index (Phi) is 48.3. The SMILES string of the molecule is CCC/C=C\CCCCCCCC(=O)OCC(COC(=O)CCCCCCCCCCCCCCCCCCCCC)OC(=O)CCCCCCCCCCCCCCC. The molecule has 354 valence electrons. The molecule has 6 nitrogen and oxygen atoms in total. The minimum absolute atomic E-state index is 0.0672. The summed E-state index contributed by atoms with van der Waals surface area (Å²) in [4.78, 5) is 37.9. The maximum atomic E-state index is 12.8. The summed E-state index contributed by atoms with van der Waals surface area (Å²) in [5.41, 5.74) is 0. The molecule has 6 heteroatoms. The highest BCUT2D eigenvalue weighted by molar-refractivity contribution is 5.71. The van der Waals surface area contributed by atoms with Gasteiger partial charge in [-0.05, 0) is 38.5 Å². The fraction of sp³-hybridized carbons (Fsp3) is 0.907. The molecule has 0 saturated heterocycles. The third kappa shape index (κ3) is 47.2. The van der Waals surface area contributed by atoms with Gasteiger partial charge in [-0.3, -0.25) is 14.4 Å². The van der Waals surface area contributed by atoms with Crippen molar-refractivity contribution in [1.82, 2.24) is 0 Å². The molecule has 0 aromatic rings. The molecule has 0 aliphatic carbocycles. The molecule has 0 saturated carbocycles. The highest BCUT2D eigenvalue weighted by Crippen LogP contribution is 2.17. The second-order valence-corrected chi connectivity index (χ2v) is 18.2. The lowest BCUT2D eigenvalue weighted by Gasteiger charge is -2.18. The van der Waals surface area contributed by atoms with E-state index >= 15 is 0 Å². The lowest BCUT2D eigenvalue weighted by Crippen LogP contribution is -2.30. The van der Waals surface area contributed by atoms with Crippen LogP contribution in [0, 0.1) is 0 Å². The Hall–Kier alpha value is -1.85. The van der Waals surface area contributed by atoms with E-state index in [4.69, 9.17) is 14.2 Å². The summed E-state index contributed by atoms with van der Waals surface area (Å²) in [7, 11) is 0. The predicted molar refractivity (Wildman–Crippen MR) is 256 cm³/mol. The van der Waals surface area contributed by atoms with Crippen LogP contribution in [-0.4, -0.2) is 37.2 Å². The van der Waals surface area contributed by atoms with Gasteiger partial charge in [0.1, 0.15) is 13.2 Å². The Balaban J connectivity index is 4.24. The first-order valence-corrected chi connectivity index (χ1v) is 26.7. The summed E-state index contributed by atoms with van der Waals surface area (Å²) in [6.07, 6.45) is 54.9. The van der Waals surface area contributed by atoms with Gasteiger partial charge in [-0.1, -0.05) is 251 Å². The summed E-state index contributed by atoms with van der Waals surface area (Å²) < 4.78 is 16.8. The molecule has 0 radical (unpaired) electrons. The van der Waals surface area contributed by atoms with Crippen molar-refractivity contribution >= 4 is 17.9 Å². The van der Waals surface area contributed by atoms with Crippen LogP contribution in [0.25, 0.3) is 0 Å². The average Bonchev–Trinajstić information content (AvgIpc) is 3.24. The molecule has 0 spiro atoms. The number of rotatable bonds is 49. The van der Waals surface area contributed by atoms with Crippen LogP contribution in [0.4, 0.5) is 0 Å². The summed E-state index contributed by atoms with van der Waals surface area (Å²) in [6, 6.07) is 0. The molecule has 0 heterocycles. The lowest BCUT2D eigenvalue weighted by molar-refractivity contribution is -0.167. The van der Waals surface area contributed by atoms with Crippen molar-refractivity contribution in [3.8, 4) is 0 Å². The van der Waals surface area contributed by atoms with Crippen LogP contribution in [0.5, 0.6) is 0 Å². The molecule has 0 aliphatic heterocycles. The van der Waals surface area contributed by atoms with Gasteiger partial charge in [0.05, 0.1) is 0 Å². The molecule has 0 rings (SSSR count). The smallest absolute Gasteiger partial charge is 0.306 e. The number of allylic oxidation sites excluding steroid dienone is 2. The minimum Gasteiger partial charge on any atom is -0.462 e. The van der Waals surface area contributed by atoms with Gasteiger partial charge in [-0.15, -0.1) is 0 Å². The van der Waals surface area contributed by atoms with Gasteiger partial charge < -0.3 is 14.2 Å². The van der Waals surface area contributed by atoms with Gasteiger partial charge in [0.2, 0.25) is 0 Å². The van der Waals surface area contributed by atoms with Crippen molar-refractivity contribution in [2.24, 2.45) is 0 Å². The maximum Gasteiger partial charge on any atom is 0.306 e. The zero-order valence-corrected chi connectivity index (χ0v) is 40.5. The van der Waals surface area contributed by atoms with E-state index in [1.54, 1.807) is 0 Å². The molecular formula is C54H102O6. The normalized spacial score (nSPS) is 12.0. The summed E-state index contributed by atoms with van der Waals surface area (Å²) in [5, 5.41) is 0. The molecule has 0 amide bonds. The van der Waals surface area contributed by atoms with Crippen LogP contribution in [-0.2, 0) is 28.6 Å². The molecule has 0 N–H and O–H groups in total. The minimum atomic E-state index is -0.766. The van der Waals surface area contributed by atoms with Gasteiger partial charge in [-0.25, -0.2) is 0 Å². The Morgan fingerprint density at radius 2 is 0.583 bits per heavy atom. The Labute approximate surface area is 373 Å². The molecule has 0 bridgehead atoms. The van der Waals surface area contributed by atoms with E-state index in [-0.39, 0.29) is 31.1 Å². The van der Waals surface area contributed by atoms with Gasteiger partial charge in [0.25, 0.3) is 0 Å². The van der Waals surface area contributed by atoms with E-state index in [0.29, 0.717) is 19.3 Å². The first-order chi connectivity index (χ1) is 29.5. The topological polar surface area (TPSA) is 78.9 Å². The molecule has 0 fully saturated rings. The number of unbranched alkanes of at least 4 members (excludes halogenated alkanes) is 36. The van der Waals surface area contributed by atoms with Gasteiger partial charge in [0, 0.05) is 19.3 Å². The zero-order valence-electron chi connectivity index (χ0n) is 40.5. The third-order valence-electron chi connectivity index (χ3n) is 12.0. The largest absolute Gasteiger partial charge is 0.462 e. The fourth-order valence-electron chi connectivity index (χ4n) is 7.98.